The Morgan fingerprint density at radius 1 is 1.21 bits per heavy atom. The molecule has 1 saturated heterocycles. The topological polar surface area (TPSA) is 85.2 Å². The Hall–Kier alpha value is -2.22. The van der Waals surface area contributed by atoms with Gasteiger partial charge in [-0.05, 0) is 62.9 Å². The van der Waals surface area contributed by atoms with Crippen molar-refractivity contribution in [2.24, 2.45) is 0 Å². The van der Waals surface area contributed by atoms with Crippen LogP contribution in [0.4, 0.5) is 8.78 Å². The van der Waals surface area contributed by atoms with E-state index in [1.165, 1.54) is 34.2 Å². The fraction of sp³-hybridized carbons (Fsp3) is 0.333. The van der Waals surface area contributed by atoms with Crippen molar-refractivity contribution < 1.29 is 18.4 Å². The molecule has 8 nitrogen and oxygen atoms in total. The molecule has 3 aromatic rings. The SMILES string of the molecule is O=C(Cn1nc(Br)nc1Br)N1CCC(c2nc(C3=CC(c4c(F)cccc4F)ON3)cs2)CC1. The van der Waals surface area contributed by atoms with Crippen LogP contribution < -0.4 is 5.48 Å². The molecule has 1 fully saturated rings. The van der Waals surface area contributed by atoms with Gasteiger partial charge in [0.25, 0.3) is 0 Å². The first-order chi connectivity index (χ1) is 16.4. The van der Waals surface area contributed by atoms with E-state index >= 15 is 0 Å². The van der Waals surface area contributed by atoms with Crippen molar-refractivity contribution in [1.82, 2.24) is 30.1 Å². The van der Waals surface area contributed by atoms with Gasteiger partial charge in [-0.15, -0.1) is 16.4 Å². The minimum Gasteiger partial charge on any atom is -0.341 e. The molecule has 2 aliphatic rings. The average molecular weight is 616 g/mol. The number of amides is 1. The third kappa shape index (κ3) is 4.79. The van der Waals surface area contributed by atoms with Crippen LogP contribution in [0.2, 0.25) is 0 Å². The highest BCUT2D eigenvalue weighted by atomic mass is 79.9. The molecule has 0 aliphatic carbocycles. The van der Waals surface area contributed by atoms with E-state index in [-0.39, 0.29) is 23.9 Å². The Morgan fingerprint density at radius 3 is 2.62 bits per heavy atom. The third-order valence-corrected chi connectivity index (χ3v) is 7.71. The van der Waals surface area contributed by atoms with Gasteiger partial charge in [0, 0.05) is 24.4 Å². The minimum absolute atomic E-state index is 0.0137. The van der Waals surface area contributed by atoms with Gasteiger partial charge in [-0.1, -0.05) is 6.07 Å². The molecule has 2 aromatic heterocycles. The van der Waals surface area contributed by atoms with Gasteiger partial charge in [0.1, 0.15) is 24.3 Å². The zero-order valence-corrected chi connectivity index (χ0v) is 21.5. The molecule has 1 amide bonds. The summed E-state index contributed by atoms with van der Waals surface area (Å²) in [4.78, 5) is 28.7. The van der Waals surface area contributed by atoms with Crippen LogP contribution in [-0.4, -0.2) is 43.6 Å². The highest BCUT2D eigenvalue weighted by molar-refractivity contribution is 9.11. The van der Waals surface area contributed by atoms with Crippen molar-refractivity contribution in [2.75, 3.05) is 13.1 Å². The van der Waals surface area contributed by atoms with Crippen molar-refractivity contribution in [1.29, 1.82) is 0 Å². The number of rotatable bonds is 5. The lowest BCUT2D eigenvalue weighted by molar-refractivity contribution is -0.133. The van der Waals surface area contributed by atoms with Gasteiger partial charge in [0.15, 0.2) is 4.73 Å². The lowest BCUT2D eigenvalue weighted by atomic mass is 9.97. The largest absolute Gasteiger partial charge is 0.341 e. The Balaban J connectivity index is 1.21. The summed E-state index contributed by atoms with van der Waals surface area (Å²) in [7, 11) is 0. The Bertz CT molecular complexity index is 1240. The van der Waals surface area contributed by atoms with Gasteiger partial charge in [0.2, 0.25) is 10.6 Å². The number of carbonyl (C=O) groups is 1. The molecule has 0 spiro atoms. The zero-order valence-electron chi connectivity index (χ0n) is 17.5. The van der Waals surface area contributed by atoms with E-state index in [0.717, 1.165) is 17.8 Å². The number of aromatic nitrogens is 4. The van der Waals surface area contributed by atoms with Crippen LogP contribution in [0.25, 0.3) is 5.70 Å². The summed E-state index contributed by atoms with van der Waals surface area (Å²) in [6.07, 6.45) is 2.35. The van der Waals surface area contributed by atoms with Gasteiger partial charge >= 0.3 is 0 Å². The first-order valence-corrected chi connectivity index (χ1v) is 12.9. The molecular weight excluding hydrogens is 598 g/mol. The monoisotopic (exact) mass is 614 g/mol. The molecular formula is C21H18Br2F2N6O2S. The number of piperidine rings is 1. The van der Waals surface area contributed by atoms with Gasteiger partial charge in [-0.25, -0.2) is 18.4 Å². The minimum atomic E-state index is -0.874. The number of nitrogens with one attached hydrogen (secondary N) is 1. The zero-order chi connectivity index (χ0) is 23.8. The molecule has 0 radical (unpaired) electrons. The van der Waals surface area contributed by atoms with Gasteiger partial charge in [0.05, 0.1) is 22.0 Å². The quantitative estimate of drug-likeness (QED) is 0.453. The summed E-state index contributed by atoms with van der Waals surface area (Å²) in [6, 6.07) is 3.73. The van der Waals surface area contributed by atoms with E-state index in [0.29, 0.717) is 33.9 Å². The van der Waals surface area contributed by atoms with E-state index in [2.05, 4.69) is 47.4 Å². The molecule has 5 rings (SSSR count). The van der Waals surface area contributed by atoms with Crippen LogP contribution in [0.1, 0.15) is 41.1 Å². The summed E-state index contributed by atoms with van der Waals surface area (Å²) in [5, 5.41) is 7.00. The van der Waals surface area contributed by atoms with Crippen LogP contribution in [-0.2, 0) is 16.2 Å². The van der Waals surface area contributed by atoms with E-state index in [1.807, 2.05) is 10.3 Å². The summed E-state index contributed by atoms with van der Waals surface area (Å²) in [6.45, 7) is 1.38. The highest BCUT2D eigenvalue weighted by Gasteiger charge is 2.29. The van der Waals surface area contributed by atoms with Crippen LogP contribution >= 0.6 is 43.2 Å². The summed E-state index contributed by atoms with van der Waals surface area (Å²) in [5.74, 6) is -1.10. The van der Waals surface area contributed by atoms with Crippen LogP contribution in [0, 0.1) is 11.6 Å². The van der Waals surface area contributed by atoms with E-state index < -0.39 is 17.7 Å². The lowest BCUT2D eigenvalue weighted by Gasteiger charge is -2.31. The summed E-state index contributed by atoms with van der Waals surface area (Å²) >= 11 is 8.02. The van der Waals surface area contributed by atoms with Crippen LogP contribution in [0.3, 0.4) is 0 Å². The molecule has 1 aromatic carbocycles. The number of hydroxylamine groups is 1. The first-order valence-electron chi connectivity index (χ1n) is 10.5. The van der Waals surface area contributed by atoms with E-state index in [4.69, 9.17) is 9.82 Å². The van der Waals surface area contributed by atoms with Crippen molar-refractivity contribution >= 4 is 54.8 Å². The van der Waals surface area contributed by atoms with Gasteiger partial charge in [-0.2, -0.15) is 4.98 Å². The number of thiazole rings is 1. The maximum Gasteiger partial charge on any atom is 0.244 e. The Morgan fingerprint density at radius 2 is 1.94 bits per heavy atom. The summed E-state index contributed by atoms with van der Waals surface area (Å²) in [5.41, 5.74) is 3.85. The van der Waals surface area contributed by atoms with Crippen LogP contribution in [0.5, 0.6) is 0 Å². The first kappa shape index (κ1) is 23.5. The average Bonchev–Trinajstić information content (AvgIpc) is 3.54. The van der Waals surface area contributed by atoms with E-state index in [9.17, 15) is 13.6 Å². The van der Waals surface area contributed by atoms with Crippen molar-refractivity contribution in [3.8, 4) is 0 Å². The second-order valence-corrected chi connectivity index (χ2v) is 10.2. The van der Waals surface area contributed by atoms with E-state index in [1.54, 1.807) is 6.08 Å². The molecule has 4 heterocycles. The Labute approximate surface area is 214 Å². The normalized spacial score (nSPS) is 18.8. The van der Waals surface area contributed by atoms with Gasteiger partial charge < -0.3 is 4.90 Å². The maximum atomic E-state index is 14.1. The fourth-order valence-electron chi connectivity index (χ4n) is 4.01. The molecule has 0 saturated carbocycles. The number of hydrogen-bond donors (Lipinski definition) is 1. The van der Waals surface area contributed by atoms with Crippen molar-refractivity contribution in [2.45, 2.75) is 31.4 Å². The molecule has 1 atom stereocenters. The predicted octanol–water partition coefficient (Wildman–Crippen LogP) is 4.56. The molecule has 1 N–H and O–H groups in total. The number of benzene rings is 1. The molecule has 34 heavy (non-hydrogen) atoms. The molecule has 2 aliphatic heterocycles. The number of likely N-dealkylation sites (tertiary alicyclic amines) is 1. The second-order valence-electron chi connectivity index (χ2n) is 7.89. The van der Waals surface area contributed by atoms with Crippen LogP contribution in [0.15, 0.2) is 39.1 Å². The molecule has 1 unspecified atom stereocenters. The maximum absolute atomic E-state index is 14.1. The lowest BCUT2D eigenvalue weighted by Crippen LogP contribution is -2.40. The number of nitrogens with zero attached hydrogens (tertiary/aromatic N) is 5. The van der Waals surface area contributed by atoms with Gasteiger partial charge in [-0.3, -0.25) is 15.1 Å². The number of carbonyl (C=O) groups excluding carboxylic acids is 1. The molecule has 178 valence electrons. The number of hydrogen-bond acceptors (Lipinski definition) is 7. The smallest absolute Gasteiger partial charge is 0.244 e. The Kier molecular flexibility index (Phi) is 6.78. The summed E-state index contributed by atoms with van der Waals surface area (Å²) < 4.78 is 30.6. The third-order valence-electron chi connectivity index (χ3n) is 5.78. The molecule has 13 heteroatoms. The fourth-order valence-corrected chi connectivity index (χ4v) is 5.97. The highest BCUT2D eigenvalue weighted by Crippen LogP contribution is 2.35. The second kappa shape index (κ2) is 9.80. The van der Waals surface area contributed by atoms with Crippen molar-refractivity contribution in [3.05, 3.63) is 67.0 Å². The number of halogens is 4. The molecule has 0 bridgehead atoms. The predicted molar refractivity (Wildman–Crippen MR) is 127 cm³/mol. The van der Waals surface area contributed by atoms with Crippen molar-refractivity contribution in [3.63, 3.8) is 0 Å². The standard InChI is InChI=1S/C21H18Br2F2N6O2S/c22-20-27-21(23)31(28-20)9-17(32)30-6-4-11(5-7-30)19-26-15(10-34-19)14-8-16(33-29-14)18-12(24)2-1-3-13(18)25/h1-3,8,10-11,16,29H,4-7,9H2.